The van der Waals surface area contributed by atoms with Crippen molar-refractivity contribution in [3.05, 3.63) is 72.8 Å². The molecule has 0 aliphatic rings. The number of hydrogen-bond donors (Lipinski definition) is 0. The van der Waals surface area contributed by atoms with Gasteiger partial charge in [-0.25, -0.2) is 9.37 Å². The van der Waals surface area contributed by atoms with E-state index in [0.29, 0.717) is 34.1 Å². The van der Waals surface area contributed by atoms with Gasteiger partial charge in [0.05, 0.1) is 7.11 Å². The first-order valence-corrected chi connectivity index (χ1v) is 9.32. The molecule has 5 aromatic rings. The van der Waals surface area contributed by atoms with E-state index < -0.39 is 0 Å². The lowest BCUT2D eigenvalue weighted by Crippen LogP contribution is -1.95. The minimum absolute atomic E-state index is 0.334. The number of rotatable bonds is 4. The number of oxazole rings is 1. The van der Waals surface area contributed by atoms with Gasteiger partial charge in [-0.2, -0.15) is 0 Å². The molecule has 148 valence electrons. The number of aryl methyl sites for hydroxylation is 1. The van der Waals surface area contributed by atoms with E-state index in [-0.39, 0.29) is 5.82 Å². The van der Waals surface area contributed by atoms with E-state index in [1.165, 1.54) is 12.1 Å². The van der Waals surface area contributed by atoms with Crippen LogP contribution in [-0.2, 0) is 7.05 Å². The van der Waals surface area contributed by atoms with Crippen molar-refractivity contribution in [2.45, 2.75) is 0 Å². The van der Waals surface area contributed by atoms with Crippen LogP contribution in [0.3, 0.4) is 0 Å². The molecule has 0 atom stereocenters. The number of benzene rings is 3. The van der Waals surface area contributed by atoms with Crippen molar-refractivity contribution >= 4 is 11.1 Å². The number of para-hydroxylation sites is 1. The predicted octanol–water partition coefficient (Wildman–Crippen LogP) is 5.11. The highest BCUT2D eigenvalue weighted by Gasteiger charge is 2.16. The molecule has 0 N–H and O–H groups in total. The first-order chi connectivity index (χ1) is 14.6. The average molecular weight is 400 g/mol. The van der Waals surface area contributed by atoms with Crippen LogP contribution in [0.15, 0.2) is 71.4 Å². The summed E-state index contributed by atoms with van der Waals surface area (Å²) in [6, 6.07) is 18.0. The van der Waals surface area contributed by atoms with E-state index in [1.54, 1.807) is 24.1 Å². The van der Waals surface area contributed by atoms with Crippen molar-refractivity contribution < 1.29 is 13.5 Å². The molecule has 30 heavy (non-hydrogen) atoms. The fourth-order valence-electron chi connectivity index (χ4n) is 3.51. The van der Waals surface area contributed by atoms with E-state index in [2.05, 4.69) is 15.2 Å². The van der Waals surface area contributed by atoms with Crippen molar-refractivity contribution in [2.24, 2.45) is 7.05 Å². The molecule has 0 bridgehead atoms. The predicted molar refractivity (Wildman–Crippen MR) is 111 cm³/mol. The maximum absolute atomic E-state index is 14.0. The van der Waals surface area contributed by atoms with Gasteiger partial charge in [0.1, 0.15) is 17.9 Å². The smallest absolute Gasteiger partial charge is 0.227 e. The average Bonchev–Trinajstić information content (AvgIpc) is 3.39. The molecule has 0 aliphatic carbocycles. The van der Waals surface area contributed by atoms with Crippen LogP contribution in [0.1, 0.15) is 0 Å². The van der Waals surface area contributed by atoms with E-state index in [1.807, 2.05) is 49.5 Å². The van der Waals surface area contributed by atoms with E-state index in [4.69, 9.17) is 9.15 Å². The summed E-state index contributed by atoms with van der Waals surface area (Å²) >= 11 is 0. The molecule has 0 saturated heterocycles. The third-order valence-corrected chi connectivity index (χ3v) is 4.96. The highest BCUT2D eigenvalue weighted by Crippen LogP contribution is 2.35. The Labute approximate surface area is 171 Å². The Bertz CT molecular complexity index is 1370. The molecular formula is C23H17FN4O2. The van der Waals surface area contributed by atoms with Gasteiger partial charge in [-0.15, -0.1) is 10.2 Å². The zero-order chi connectivity index (χ0) is 20.7. The van der Waals surface area contributed by atoms with Gasteiger partial charge in [0.25, 0.3) is 0 Å². The van der Waals surface area contributed by atoms with Gasteiger partial charge >= 0.3 is 0 Å². The zero-order valence-electron chi connectivity index (χ0n) is 16.3. The third kappa shape index (κ3) is 3.00. The Morgan fingerprint density at radius 3 is 2.60 bits per heavy atom. The number of fused-ring (bicyclic) bond motifs is 1. The number of ether oxygens (including phenoxy) is 1. The van der Waals surface area contributed by atoms with E-state index in [9.17, 15) is 4.39 Å². The van der Waals surface area contributed by atoms with Crippen LogP contribution in [0, 0.1) is 5.82 Å². The molecule has 3 aromatic carbocycles. The van der Waals surface area contributed by atoms with Crippen molar-refractivity contribution in [3.63, 3.8) is 0 Å². The van der Waals surface area contributed by atoms with Gasteiger partial charge in [0.15, 0.2) is 16.9 Å². The van der Waals surface area contributed by atoms with E-state index in [0.717, 1.165) is 16.7 Å². The molecule has 6 nitrogen and oxygen atoms in total. The van der Waals surface area contributed by atoms with Crippen LogP contribution < -0.4 is 4.74 Å². The van der Waals surface area contributed by atoms with Crippen LogP contribution in [0.25, 0.3) is 45.1 Å². The number of nitrogens with zero attached hydrogens (tertiary/aromatic N) is 4. The lowest BCUT2D eigenvalue weighted by molar-refractivity contribution is 0.419. The first kappa shape index (κ1) is 18.1. The minimum atomic E-state index is -0.334. The van der Waals surface area contributed by atoms with E-state index >= 15 is 0 Å². The number of halogens is 1. The van der Waals surface area contributed by atoms with Gasteiger partial charge < -0.3 is 13.7 Å². The molecule has 0 spiro atoms. The highest BCUT2D eigenvalue weighted by molar-refractivity contribution is 5.85. The third-order valence-electron chi connectivity index (χ3n) is 4.96. The van der Waals surface area contributed by atoms with Crippen molar-refractivity contribution in [2.75, 3.05) is 7.11 Å². The molecule has 0 saturated carbocycles. The SMILES string of the molecule is COc1cccc2oc(-c3cccc(-c4ccc(F)cc4-c4nncn4C)c3)nc12. The van der Waals surface area contributed by atoms with Gasteiger partial charge in [-0.3, -0.25) is 0 Å². The fourth-order valence-corrected chi connectivity index (χ4v) is 3.51. The van der Waals surface area contributed by atoms with Gasteiger partial charge in [0.2, 0.25) is 5.89 Å². The molecule has 0 fully saturated rings. The number of hydrogen-bond acceptors (Lipinski definition) is 5. The van der Waals surface area contributed by atoms with Crippen molar-refractivity contribution in [1.29, 1.82) is 0 Å². The molecule has 0 amide bonds. The molecule has 2 aromatic heterocycles. The monoisotopic (exact) mass is 400 g/mol. The normalized spacial score (nSPS) is 11.2. The molecule has 0 radical (unpaired) electrons. The summed E-state index contributed by atoms with van der Waals surface area (Å²) in [5.74, 6) is 1.39. The largest absolute Gasteiger partial charge is 0.494 e. The Morgan fingerprint density at radius 2 is 1.80 bits per heavy atom. The van der Waals surface area contributed by atoms with Crippen LogP contribution in [0.4, 0.5) is 4.39 Å². The standard InChI is InChI=1S/C23H17FN4O2/c1-28-13-25-27-22(28)18-12-16(24)9-10-17(18)14-5-3-6-15(11-14)23-26-21-19(29-2)7-4-8-20(21)30-23/h3-13H,1-2H3. The Morgan fingerprint density at radius 1 is 0.967 bits per heavy atom. The topological polar surface area (TPSA) is 66.0 Å². The van der Waals surface area contributed by atoms with Crippen LogP contribution in [0.2, 0.25) is 0 Å². The molecule has 0 aliphatic heterocycles. The quantitative estimate of drug-likeness (QED) is 0.420. The second-order valence-electron chi connectivity index (χ2n) is 6.86. The Kier molecular flexibility index (Phi) is 4.28. The number of methoxy groups -OCH3 is 1. The summed E-state index contributed by atoms with van der Waals surface area (Å²) in [7, 11) is 3.43. The molecular weight excluding hydrogens is 383 g/mol. The first-order valence-electron chi connectivity index (χ1n) is 9.32. The molecule has 0 unspecified atom stereocenters. The summed E-state index contributed by atoms with van der Waals surface area (Å²) < 4.78 is 27.1. The molecule has 7 heteroatoms. The summed E-state index contributed by atoms with van der Waals surface area (Å²) in [6.45, 7) is 0. The van der Waals surface area contributed by atoms with Crippen LogP contribution >= 0.6 is 0 Å². The summed E-state index contributed by atoms with van der Waals surface area (Å²) in [6.07, 6.45) is 1.59. The van der Waals surface area contributed by atoms with Gasteiger partial charge in [-0.1, -0.05) is 24.3 Å². The maximum Gasteiger partial charge on any atom is 0.227 e. The van der Waals surface area contributed by atoms with Crippen LogP contribution in [-0.4, -0.2) is 26.9 Å². The lowest BCUT2D eigenvalue weighted by Gasteiger charge is -2.10. The molecule has 5 rings (SSSR count). The second kappa shape index (κ2) is 7.11. The Hall–Kier alpha value is -4.00. The van der Waals surface area contributed by atoms with Gasteiger partial charge in [-0.05, 0) is 47.5 Å². The second-order valence-corrected chi connectivity index (χ2v) is 6.86. The summed E-state index contributed by atoms with van der Waals surface area (Å²) in [5, 5.41) is 8.07. The summed E-state index contributed by atoms with van der Waals surface area (Å²) in [4.78, 5) is 4.61. The fraction of sp³-hybridized carbons (Fsp3) is 0.0870. The van der Waals surface area contributed by atoms with Gasteiger partial charge in [0, 0.05) is 18.2 Å². The highest BCUT2D eigenvalue weighted by atomic mass is 19.1. The zero-order valence-corrected chi connectivity index (χ0v) is 16.3. The maximum atomic E-state index is 14.0. The summed E-state index contributed by atoms with van der Waals surface area (Å²) in [5.41, 5.74) is 4.51. The van der Waals surface area contributed by atoms with Crippen molar-refractivity contribution in [3.8, 4) is 39.7 Å². The minimum Gasteiger partial charge on any atom is -0.494 e. The molecule has 2 heterocycles. The number of aromatic nitrogens is 4. The Balaban J connectivity index is 1.64. The van der Waals surface area contributed by atoms with Crippen molar-refractivity contribution in [1.82, 2.24) is 19.7 Å². The lowest BCUT2D eigenvalue weighted by atomic mass is 9.97. The van der Waals surface area contributed by atoms with Crippen LogP contribution in [0.5, 0.6) is 5.75 Å².